The summed E-state index contributed by atoms with van der Waals surface area (Å²) in [6.07, 6.45) is 8.46. The van der Waals surface area contributed by atoms with Gasteiger partial charge in [0.05, 0.1) is 0 Å². The smallest absolute Gasteiger partial charge is 0.00889 e. The van der Waals surface area contributed by atoms with Crippen molar-refractivity contribution in [2.45, 2.75) is 26.7 Å². The van der Waals surface area contributed by atoms with Crippen molar-refractivity contribution in [1.82, 2.24) is 0 Å². The molecule has 0 aromatic heterocycles. The summed E-state index contributed by atoms with van der Waals surface area (Å²) < 4.78 is 0. The number of allylic oxidation sites excluding steroid dienone is 4. The predicted molar refractivity (Wildman–Crippen MR) is 44.4 cm³/mol. The Morgan fingerprint density at radius 3 is 2.80 bits per heavy atom. The highest BCUT2D eigenvalue weighted by Crippen LogP contribution is 2.32. The molecule has 1 rings (SSSR count). The Kier molecular flexibility index (Phi) is 1.84. The standard InChI is InChI=1S/C9H15N/c1-3-9(2)6-4-5-8(10)7-9/h4-6H,3,7,10H2,1-2H3. The molecule has 0 amide bonds. The lowest BCUT2D eigenvalue weighted by Gasteiger charge is -2.26. The molecule has 1 atom stereocenters. The maximum Gasteiger partial charge on any atom is 0.00889 e. The van der Waals surface area contributed by atoms with Crippen LogP contribution in [-0.2, 0) is 0 Å². The minimum atomic E-state index is 0.318. The Bertz CT molecular complexity index is 179. The average molecular weight is 137 g/mol. The Labute approximate surface area is 62.6 Å². The van der Waals surface area contributed by atoms with Crippen LogP contribution in [0.3, 0.4) is 0 Å². The fourth-order valence-electron chi connectivity index (χ4n) is 1.23. The van der Waals surface area contributed by atoms with E-state index >= 15 is 0 Å². The predicted octanol–water partition coefficient (Wildman–Crippen LogP) is 2.21. The Hall–Kier alpha value is -0.720. The van der Waals surface area contributed by atoms with E-state index in [-0.39, 0.29) is 0 Å². The molecule has 1 aliphatic rings. The highest BCUT2D eigenvalue weighted by Gasteiger charge is 2.20. The molecule has 0 aliphatic heterocycles. The molecule has 0 bridgehead atoms. The third-order valence-corrected chi connectivity index (χ3v) is 2.22. The number of hydrogen-bond acceptors (Lipinski definition) is 1. The molecule has 10 heavy (non-hydrogen) atoms. The first kappa shape index (κ1) is 7.39. The summed E-state index contributed by atoms with van der Waals surface area (Å²) in [6.45, 7) is 4.44. The van der Waals surface area contributed by atoms with Gasteiger partial charge in [-0.15, -0.1) is 0 Å². The van der Waals surface area contributed by atoms with E-state index in [1.165, 1.54) is 0 Å². The Morgan fingerprint density at radius 1 is 1.70 bits per heavy atom. The molecule has 0 aromatic carbocycles. The normalized spacial score (nSPS) is 32.0. The van der Waals surface area contributed by atoms with Gasteiger partial charge in [-0.1, -0.05) is 26.0 Å². The lowest BCUT2D eigenvalue weighted by molar-refractivity contribution is 0.401. The maximum atomic E-state index is 5.70. The summed E-state index contributed by atoms with van der Waals surface area (Å²) in [4.78, 5) is 0. The summed E-state index contributed by atoms with van der Waals surface area (Å²) in [5.41, 5.74) is 7.02. The van der Waals surface area contributed by atoms with Gasteiger partial charge >= 0.3 is 0 Å². The van der Waals surface area contributed by atoms with E-state index in [9.17, 15) is 0 Å². The van der Waals surface area contributed by atoms with Crippen molar-refractivity contribution in [3.63, 3.8) is 0 Å². The van der Waals surface area contributed by atoms with E-state index in [0.29, 0.717) is 5.41 Å². The molecule has 0 saturated carbocycles. The van der Waals surface area contributed by atoms with Crippen LogP contribution >= 0.6 is 0 Å². The van der Waals surface area contributed by atoms with Crippen molar-refractivity contribution in [2.75, 3.05) is 0 Å². The minimum Gasteiger partial charge on any atom is -0.402 e. The summed E-state index contributed by atoms with van der Waals surface area (Å²) in [5, 5.41) is 0. The molecule has 1 heteroatoms. The molecular formula is C9H15N. The minimum absolute atomic E-state index is 0.318. The van der Waals surface area contributed by atoms with Gasteiger partial charge in [-0.05, 0) is 24.3 Å². The first-order valence-corrected chi connectivity index (χ1v) is 3.80. The van der Waals surface area contributed by atoms with Gasteiger partial charge in [-0.3, -0.25) is 0 Å². The fourth-order valence-corrected chi connectivity index (χ4v) is 1.23. The van der Waals surface area contributed by atoms with E-state index in [2.05, 4.69) is 26.0 Å². The fraction of sp³-hybridized carbons (Fsp3) is 0.556. The summed E-state index contributed by atoms with van der Waals surface area (Å²) in [5.74, 6) is 0. The van der Waals surface area contributed by atoms with Crippen LogP contribution in [0.5, 0.6) is 0 Å². The highest BCUT2D eigenvalue weighted by atomic mass is 14.6. The zero-order chi connectivity index (χ0) is 7.61. The molecule has 0 spiro atoms. The van der Waals surface area contributed by atoms with Crippen molar-refractivity contribution in [1.29, 1.82) is 0 Å². The van der Waals surface area contributed by atoms with Crippen LogP contribution < -0.4 is 5.73 Å². The van der Waals surface area contributed by atoms with Crippen LogP contribution in [0.25, 0.3) is 0 Å². The molecule has 0 saturated heterocycles. The second-order valence-electron chi connectivity index (χ2n) is 3.29. The topological polar surface area (TPSA) is 26.0 Å². The molecule has 0 aromatic rings. The average Bonchev–Trinajstić information content (AvgIpc) is 1.88. The number of rotatable bonds is 1. The monoisotopic (exact) mass is 137 g/mol. The van der Waals surface area contributed by atoms with Crippen LogP contribution in [0.15, 0.2) is 23.9 Å². The van der Waals surface area contributed by atoms with Gasteiger partial charge < -0.3 is 5.73 Å². The van der Waals surface area contributed by atoms with Gasteiger partial charge in [-0.25, -0.2) is 0 Å². The van der Waals surface area contributed by atoms with Crippen molar-refractivity contribution < 1.29 is 0 Å². The van der Waals surface area contributed by atoms with Crippen LogP contribution in [0.1, 0.15) is 26.7 Å². The van der Waals surface area contributed by atoms with Crippen molar-refractivity contribution in [3.8, 4) is 0 Å². The summed E-state index contributed by atoms with van der Waals surface area (Å²) in [7, 11) is 0. The van der Waals surface area contributed by atoms with Crippen LogP contribution in [0, 0.1) is 5.41 Å². The molecule has 1 unspecified atom stereocenters. The maximum absolute atomic E-state index is 5.70. The van der Waals surface area contributed by atoms with Gasteiger partial charge in [0, 0.05) is 5.70 Å². The molecule has 0 heterocycles. The van der Waals surface area contributed by atoms with Gasteiger partial charge in [0.2, 0.25) is 0 Å². The number of hydrogen-bond donors (Lipinski definition) is 1. The Morgan fingerprint density at radius 2 is 2.40 bits per heavy atom. The molecule has 0 radical (unpaired) electrons. The highest BCUT2D eigenvalue weighted by molar-refractivity contribution is 5.20. The van der Waals surface area contributed by atoms with Crippen LogP contribution in [0.4, 0.5) is 0 Å². The van der Waals surface area contributed by atoms with Gasteiger partial charge in [0.15, 0.2) is 0 Å². The molecular weight excluding hydrogens is 122 g/mol. The van der Waals surface area contributed by atoms with Gasteiger partial charge in [0.1, 0.15) is 0 Å². The van der Waals surface area contributed by atoms with E-state index in [4.69, 9.17) is 5.73 Å². The largest absolute Gasteiger partial charge is 0.402 e. The van der Waals surface area contributed by atoms with Crippen molar-refractivity contribution in [3.05, 3.63) is 23.9 Å². The first-order valence-electron chi connectivity index (χ1n) is 3.80. The second-order valence-corrected chi connectivity index (χ2v) is 3.29. The zero-order valence-electron chi connectivity index (χ0n) is 6.72. The Balaban J connectivity index is 2.71. The first-order chi connectivity index (χ1) is 4.66. The van der Waals surface area contributed by atoms with E-state index in [1.807, 2.05) is 6.08 Å². The second kappa shape index (κ2) is 2.49. The summed E-state index contributed by atoms with van der Waals surface area (Å²) >= 11 is 0. The lowest BCUT2D eigenvalue weighted by atomic mass is 9.80. The quantitative estimate of drug-likeness (QED) is 0.589. The lowest BCUT2D eigenvalue weighted by Crippen LogP contribution is -2.18. The van der Waals surface area contributed by atoms with Crippen LogP contribution in [-0.4, -0.2) is 0 Å². The van der Waals surface area contributed by atoms with Gasteiger partial charge in [0.25, 0.3) is 0 Å². The molecule has 0 fully saturated rings. The van der Waals surface area contributed by atoms with E-state index in [1.54, 1.807) is 0 Å². The molecule has 1 aliphatic carbocycles. The van der Waals surface area contributed by atoms with Crippen molar-refractivity contribution in [2.24, 2.45) is 11.1 Å². The zero-order valence-corrected chi connectivity index (χ0v) is 6.72. The van der Waals surface area contributed by atoms with Crippen LogP contribution in [0.2, 0.25) is 0 Å². The van der Waals surface area contributed by atoms with E-state index in [0.717, 1.165) is 18.5 Å². The third kappa shape index (κ3) is 1.41. The molecule has 56 valence electrons. The molecule has 1 nitrogen and oxygen atoms in total. The number of nitrogens with two attached hydrogens (primary N) is 1. The van der Waals surface area contributed by atoms with Crippen molar-refractivity contribution >= 4 is 0 Å². The van der Waals surface area contributed by atoms with E-state index < -0.39 is 0 Å². The summed E-state index contributed by atoms with van der Waals surface area (Å²) in [6, 6.07) is 0. The SMILES string of the molecule is CCC1(C)C=CC=C(N)C1. The molecule has 2 N–H and O–H groups in total. The third-order valence-electron chi connectivity index (χ3n) is 2.22. The van der Waals surface area contributed by atoms with Gasteiger partial charge in [-0.2, -0.15) is 0 Å².